The van der Waals surface area contributed by atoms with Gasteiger partial charge in [0.05, 0.1) is 12.0 Å². The smallest absolute Gasteiger partial charge is 0.191 e. The summed E-state index contributed by atoms with van der Waals surface area (Å²) >= 11 is 1.70. The van der Waals surface area contributed by atoms with Crippen molar-refractivity contribution in [1.29, 1.82) is 5.26 Å². The zero-order valence-corrected chi connectivity index (χ0v) is 12.8. The minimum absolute atomic E-state index is 0.103. The highest BCUT2D eigenvalue weighted by molar-refractivity contribution is 7.99. The van der Waals surface area contributed by atoms with Crippen molar-refractivity contribution in [2.45, 2.75) is 35.6 Å². The van der Waals surface area contributed by atoms with Crippen molar-refractivity contribution in [3.05, 3.63) is 42.2 Å². The van der Waals surface area contributed by atoms with Crippen molar-refractivity contribution in [3.8, 4) is 6.07 Å². The van der Waals surface area contributed by atoms with E-state index in [1.165, 1.54) is 5.56 Å². The Morgan fingerprint density at radius 3 is 2.76 bits per heavy atom. The van der Waals surface area contributed by atoms with Gasteiger partial charge in [0.15, 0.2) is 5.16 Å². The monoisotopic (exact) mass is 298 g/mol. The minimum atomic E-state index is 0.103. The van der Waals surface area contributed by atoms with Crippen LogP contribution in [0.5, 0.6) is 0 Å². The number of hydrogen-bond acceptors (Lipinski definition) is 4. The lowest BCUT2D eigenvalue weighted by Crippen LogP contribution is -2.25. The number of rotatable bonds is 3. The van der Waals surface area contributed by atoms with Crippen LogP contribution in [0, 0.1) is 17.2 Å². The van der Waals surface area contributed by atoms with Crippen molar-refractivity contribution in [2.75, 3.05) is 0 Å². The van der Waals surface area contributed by atoms with Gasteiger partial charge in [-0.3, -0.25) is 0 Å². The zero-order chi connectivity index (χ0) is 14.7. The lowest BCUT2D eigenvalue weighted by Gasteiger charge is -2.32. The van der Waals surface area contributed by atoms with Gasteiger partial charge in [-0.15, -0.1) is 10.2 Å². The summed E-state index contributed by atoms with van der Waals surface area (Å²) in [4.78, 5) is 0. The minimum Gasteiger partial charge on any atom is -0.312 e. The predicted octanol–water partition coefficient (Wildman–Crippen LogP) is 3.38. The molecule has 1 aromatic carbocycles. The first-order valence-electron chi connectivity index (χ1n) is 7.23. The molecule has 21 heavy (non-hydrogen) atoms. The maximum atomic E-state index is 9.41. The number of hydrogen-bond donors (Lipinski definition) is 0. The molecule has 108 valence electrons. The van der Waals surface area contributed by atoms with Gasteiger partial charge in [0.25, 0.3) is 0 Å². The molecule has 3 rings (SSSR count). The molecule has 1 saturated carbocycles. The van der Waals surface area contributed by atoms with Crippen LogP contribution in [0.15, 0.2) is 41.8 Å². The quantitative estimate of drug-likeness (QED) is 0.871. The number of aryl methyl sites for hydroxylation is 1. The van der Waals surface area contributed by atoms with E-state index in [0.29, 0.717) is 5.92 Å². The molecule has 0 N–H and O–H groups in total. The van der Waals surface area contributed by atoms with Crippen LogP contribution in [0.25, 0.3) is 0 Å². The average Bonchev–Trinajstić information content (AvgIpc) is 2.93. The fourth-order valence-corrected chi connectivity index (χ4v) is 4.22. The van der Waals surface area contributed by atoms with E-state index in [9.17, 15) is 5.26 Å². The van der Waals surface area contributed by atoms with Gasteiger partial charge in [0.2, 0.25) is 0 Å². The van der Waals surface area contributed by atoms with Gasteiger partial charge >= 0.3 is 0 Å². The van der Waals surface area contributed by atoms with E-state index in [1.54, 1.807) is 18.1 Å². The fraction of sp³-hybridized carbons (Fsp3) is 0.438. The lowest BCUT2D eigenvalue weighted by atomic mass is 9.79. The Labute approximate surface area is 129 Å². The molecule has 0 saturated heterocycles. The molecule has 3 unspecified atom stereocenters. The maximum Gasteiger partial charge on any atom is 0.191 e. The summed E-state index contributed by atoms with van der Waals surface area (Å²) in [6.07, 6.45) is 4.80. The Kier molecular flexibility index (Phi) is 4.26. The van der Waals surface area contributed by atoms with E-state index in [4.69, 9.17) is 0 Å². The van der Waals surface area contributed by atoms with E-state index in [-0.39, 0.29) is 11.2 Å². The summed E-state index contributed by atoms with van der Waals surface area (Å²) in [6, 6.07) is 13.1. The average molecular weight is 298 g/mol. The number of nitrogens with zero attached hydrogens (tertiary/aromatic N) is 4. The van der Waals surface area contributed by atoms with Crippen LogP contribution in [-0.2, 0) is 7.05 Å². The third kappa shape index (κ3) is 3.11. The molecule has 1 aliphatic rings. The number of nitriles is 1. The molecule has 0 spiro atoms. The predicted molar refractivity (Wildman–Crippen MR) is 82.8 cm³/mol. The van der Waals surface area contributed by atoms with Crippen molar-refractivity contribution in [3.63, 3.8) is 0 Å². The molecule has 5 heteroatoms. The molecule has 4 nitrogen and oxygen atoms in total. The van der Waals surface area contributed by atoms with Gasteiger partial charge in [-0.1, -0.05) is 42.1 Å². The molecule has 1 fully saturated rings. The Morgan fingerprint density at radius 1 is 1.29 bits per heavy atom. The van der Waals surface area contributed by atoms with Crippen molar-refractivity contribution < 1.29 is 0 Å². The first-order chi connectivity index (χ1) is 10.3. The highest BCUT2D eigenvalue weighted by atomic mass is 32.2. The van der Waals surface area contributed by atoms with Gasteiger partial charge < -0.3 is 4.57 Å². The normalized spacial score (nSPS) is 25.4. The molecule has 0 radical (unpaired) electrons. The summed E-state index contributed by atoms with van der Waals surface area (Å²) in [5, 5.41) is 18.7. The van der Waals surface area contributed by atoms with Crippen molar-refractivity contribution in [1.82, 2.24) is 14.8 Å². The second kappa shape index (κ2) is 6.31. The van der Waals surface area contributed by atoms with Crippen LogP contribution in [0.1, 0.15) is 30.7 Å². The lowest BCUT2D eigenvalue weighted by molar-refractivity contribution is 0.392. The van der Waals surface area contributed by atoms with E-state index in [1.807, 2.05) is 11.6 Å². The summed E-state index contributed by atoms with van der Waals surface area (Å²) < 4.78 is 1.92. The third-order valence-electron chi connectivity index (χ3n) is 4.16. The highest BCUT2D eigenvalue weighted by Gasteiger charge is 2.32. The molecule has 2 aromatic rings. The molecule has 1 aliphatic carbocycles. The fourth-order valence-electron chi connectivity index (χ4n) is 2.95. The molecule has 0 amide bonds. The Balaban J connectivity index is 1.76. The van der Waals surface area contributed by atoms with Gasteiger partial charge in [-0.05, 0) is 30.7 Å². The topological polar surface area (TPSA) is 54.5 Å². The first kappa shape index (κ1) is 14.2. The van der Waals surface area contributed by atoms with Crippen LogP contribution in [0.2, 0.25) is 0 Å². The highest BCUT2D eigenvalue weighted by Crippen LogP contribution is 2.42. The molecule has 1 aromatic heterocycles. The van der Waals surface area contributed by atoms with E-state index in [2.05, 4.69) is 46.6 Å². The molecular formula is C16H18N4S. The zero-order valence-electron chi connectivity index (χ0n) is 12.0. The SMILES string of the molecule is Cn1cnnc1SC1CC(c2ccccc2)CCC1C#N. The summed E-state index contributed by atoms with van der Waals surface area (Å²) in [6.45, 7) is 0. The van der Waals surface area contributed by atoms with Crippen LogP contribution >= 0.6 is 11.8 Å². The second-order valence-corrected chi connectivity index (χ2v) is 6.74. The molecule has 0 bridgehead atoms. The molecule has 3 atom stereocenters. The Bertz CT molecular complexity index is 631. The second-order valence-electron chi connectivity index (χ2n) is 5.54. The van der Waals surface area contributed by atoms with Gasteiger partial charge in [-0.25, -0.2) is 0 Å². The van der Waals surface area contributed by atoms with E-state index < -0.39 is 0 Å². The van der Waals surface area contributed by atoms with Crippen molar-refractivity contribution >= 4 is 11.8 Å². The van der Waals surface area contributed by atoms with E-state index in [0.717, 1.165) is 24.4 Å². The van der Waals surface area contributed by atoms with Crippen LogP contribution in [0.3, 0.4) is 0 Å². The van der Waals surface area contributed by atoms with Gasteiger partial charge in [0.1, 0.15) is 6.33 Å². The van der Waals surface area contributed by atoms with Gasteiger partial charge in [0, 0.05) is 12.3 Å². The maximum absolute atomic E-state index is 9.41. The third-order valence-corrected chi connectivity index (χ3v) is 5.56. The summed E-state index contributed by atoms with van der Waals surface area (Å²) in [7, 11) is 1.95. The van der Waals surface area contributed by atoms with Crippen LogP contribution in [-0.4, -0.2) is 20.0 Å². The molecule has 0 aliphatic heterocycles. The first-order valence-corrected chi connectivity index (χ1v) is 8.11. The van der Waals surface area contributed by atoms with E-state index >= 15 is 0 Å². The van der Waals surface area contributed by atoms with Crippen molar-refractivity contribution in [2.24, 2.45) is 13.0 Å². The Hall–Kier alpha value is -1.80. The number of thioether (sulfide) groups is 1. The summed E-state index contributed by atoms with van der Waals surface area (Å²) in [5.74, 6) is 0.646. The standard InChI is InChI=1S/C16H18N4S/c1-20-11-18-19-16(20)21-15-9-13(7-8-14(15)10-17)12-5-3-2-4-6-12/h2-6,11,13-15H,7-9H2,1H3. The largest absolute Gasteiger partial charge is 0.312 e. The molecule has 1 heterocycles. The number of aromatic nitrogens is 3. The van der Waals surface area contributed by atoms with Crippen LogP contribution in [0.4, 0.5) is 0 Å². The number of benzene rings is 1. The van der Waals surface area contributed by atoms with Gasteiger partial charge in [-0.2, -0.15) is 5.26 Å². The Morgan fingerprint density at radius 2 is 2.10 bits per heavy atom. The molecular weight excluding hydrogens is 280 g/mol. The summed E-state index contributed by atoms with van der Waals surface area (Å²) in [5.41, 5.74) is 1.39. The van der Waals surface area contributed by atoms with Crippen LogP contribution < -0.4 is 0 Å².